The van der Waals surface area contributed by atoms with Crippen molar-refractivity contribution in [3.05, 3.63) is 0 Å². The largest absolute Gasteiger partial charge is 0.339 e. The fourth-order valence-corrected chi connectivity index (χ4v) is 3.75. The minimum atomic E-state index is 0.333. The van der Waals surface area contributed by atoms with Crippen LogP contribution in [0.5, 0.6) is 0 Å². The Bertz CT molecular complexity index is 313. The molecule has 1 aliphatic carbocycles. The molecule has 3 heteroatoms. The van der Waals surface area contributed by atoms with Gasteiger partial charge in [0.05, 0.1) is 0 Å². The van der Waals surface area contributed by atoms with E-state index in [0.29, 0.717) is 36.0 Å². The smallest absolute Gasteiger partial charge is 0.222 e. The SMILES string of the molecule is O=C1C[C@H]2CCCC(=O)N3CC[C@@H](C1)C23. The Balaban J connectivity index is 1.91. The Kier molecular flexibility index (Phi) is 2.08. The first kappa shape index (κ1) is 9.37. The highest BCUT2D eigenvalue weighted by Crippen LogP contribution is 2.42. The third-order valence-electron chi connectivity index (χ3n) is 4.33. The summed E-state index contributed by atoms with van der Waals surface area (Å²) in [6.45, 7) is 0.901. The molecule has 2 aliphatic heterocycles. The van der Waals surface area contributed by atoms with Crippen LogP contribution in [0.2, 0.25) is 0 Å². The molecule has 2 heterocycles. The van der Waals surface area contributed by atoms with Crippen LogP contribution in [0.25, 0.3) is 0 Å². The molecule has 3 nitrogen and oxygen atoms in total. The summed E-state index contributed by atoms with van der Waals surface area (Å²) in [6, 6.07) is 0.415. The number of amides is 1. The number of ketones is 1. The van der Waals surface area contributed by atoms with E-state index in [4.69, 9.17) is 0 Å². The zero-order chi connectivity index (χ0) is 10.4. The first-order valence-corrected chi connectivity index (χ1v) is 6.07. The van der Waals surface area contributed by atoms with E-state index in [1.54, 1.807) is 0 Å². The molecular weight excluding hydrogens is 190 g/mol. The number of Topliss-reactive ketones (excluding diaryl/α,β-unsaturated/α-hetero) is 1. The van der Waals surface area contributed by atoms with Crippen molar-refractivity contribution >= 4 is 11.7 Å². The van der Waals surface area contributed by atoms with Gasteiger partial charge in [0.1, 0.15) is 5.78 Å². The summed E-state index contributed by atoms with van der Waals surface area (Å²) in [5.74, 6) is 1.72. The number of rotatable bonds is 0. The van der Waals surface area contributed by atoms with Gasteiger partial charge in [-0.05, 0) is 31.1 Å². The van der Waals surface area contributed by atoms with Crippen LogP contribution in [0, 0.1) is 11.8 Å². The third kappa shape index (κ3) is 1.40. The summed E-state index contributed by atoms with van der Waals surface area (Å²) in [6.07, 6.45) is 5.27. The van der Waals surface area contributed by atoms with E-state index in [-0.39, 0.29) is 0 Å². The van der Waals surface area contributed by atoms with E-state index in [2.05, 4.69) is 4.90 Å². The van der Waals surface area contributed by atoms with Crippen molar-refractivity contribution < 1.29 is 9.59 Å². The normalized spacial score (nSPS) is 40.3. The van der Waals surface area contributed by atoms with Crippen molar-refractivity contribution in [2.75, 3.05) is 6.54 Å². The first-order valence-electron chi connectivity index (χ1n) is 6.07. The van der Waals surface area contributed by atoms with Crippen LogP contribution in [-0.4, -0.2) is 29.2 Å². The van der Waals surface area contributed by atoms with Gasteiger partial charge in [0.15, 0.2) is 0 Å². The number of carbonyl (C=O) groups excluding carboxylic acids is 2. The number of hydrogen-bond acceptors (Lipinski definition) is 2. The zero-order valence-corrected chi connectivity index (χ0v) is 8.95. The quantitative estimate of drug-likeness (QED) is 0.601. The molecule has 0 aromatic rings. The van der Waals surface area contributed by atoms with Crippen LogP contribution in [0.1, 0.15) is 38.5 Å². The molecule has 3 rings (SSSR count). The summed E-state index contributed by atoms with van der Waals surface area (Å²) in [5, 5.41) is 0. The standard InChI is InChI=1S/C12H17NO2/c14-10-6-8-2-1-3-11(15)13-5-4-9(7-10)12(8)13/h8-9,12H,1-7H2/t8-,9+,12?/m1/s1. The molecule has 0 bridgehead atoms. The Morgan fingerprint density at radius 1 is 1.07 bits per heavy atom. The van der Waals surface area contributed by atoms with E-state index in [9.17, 15) is 9.59 Å². The van der Waals surface area contributed by atoms with Gasteiger partial charge in [0.25, 0.3) is 0 Å². The Morgan fingerprint density at radius 3 is 2.60 bits per heavy atom. The predicted octanol–water partition coefficient (Wildman–Crippen LogP) is 1.37. The summed E-state index contributed by atoms with van der Waals surface area (Å²) in [5.41, 5.74) is 0. The van der Waals surface area contributed by atoms with Gasteiger partial charge in [-0.2, -0.15) is 0 Å². The van der Waals surface area contributed by atoms with Gasteiger partial charge in [0.2, 0.25) is 5.91 Å². The van der Waals surface area contributed by atoms with Gasteiger partial charge in [0, 0.05) is 31.8 Å². The maximum absolute atomic E-state index is 11.8. The Morgan fingerprint density at radius 2 is 1.80 bits per heavy atom. The maximum Gasteiger partial charge on any atom is 0.222 e. The van der Waals surface area contributed by atoms with Crippen molar-refractivity contribution in [2.45, 2.75) is 44.6 Å². The van der Waals surface area contributed by atoms with Crippen molar-refractivity contribution in [3.8, 4) is 0 Å². The molecule has 3 atom stereocenters. The maximum atomic E-state index is 11.8. The molecule has 3 aliphatic rings. The van der Waals surface area contributed by atoms with E-state index in [1.165, 1.54) is 0 Å². The fourth-order valence-electron chi connectivity index (χ4n) is 3.75. The molecule has 0 aromatic carbocycles. The predicted molar refractivity (Wildman–Crippen MR) is 55.2 cm³/mol. The van der Waals surface area contributed by atoms with E-state index >= 15 is 0 Å². The highest BCUT2D eigenvalue weighted by atomic mass is 16.2. The lowest BCUT2D eigenvalue weighted by atomic mass is 9.75. The zero-order valence-electron chi connectivity index (χ0n) is 8.95. The van der Waals surface area contributed by atoms with E-state index in [1.807, 2.05) is 0 Å². The molecule has 82 valence electrons. The van der Waals surface area contributed by atoms with Gasteiger partial charge in [-0.3, -0.25) is 9.59 Å². The van der Waals surface area contributed by atoms with E-state index < -0.39 is 0 Å². The molecule has 0 aromatic heterocycles. The molecule has 0 spiro atoms. The molecule has 1 saturated carbocycles. The first-order chi connectivity index (χ1) is 7.25. The second kappa shape index (κ2) is 3.32. The Labute approximate surface area is 89.8 Å². The van der Waals surface area contributed by atoms with Gasteiger partial charge in [-0.1, -0.05) is 0 Å². The van der Waals surface area contributed by atoms with Crippen molar-refractivity contribution in [2.24, 2.45) is 11.8 Å². The highest BCUT2D eigenvalue weighted by molar-refractivity contribution is 5.82. The van der Waals surface area contributed by atoms with Crippen molar-refractivity contribution in [1.29, 1.82) is 0 Å². The second-order valence-corrected chi connectivity index (χ2v) is 5.23. The number of nitrogens with zero attached hydrogens (tertiary/aromatic N) is 1. The summed E-state index contributed by atoms with van der Waals surface area (Å²) < 4.78 is 0. The summed E-state index contributed by atoms with van der Waals surface area (Å²) in [7, 11) is 0. The van der Waals surface area contributed by atoms with Crippen LogP contribution in [0.3, 0.4) is 0 Å². The topological polar surface area (TPSA) is 37.4 Å². The second-order valence-electron chi connectivity index (χ2n) is 5.23. The lowest BCUT2D eigenvalue weighted by Crippen LogP contribution is -2.44. The molecule has 2 saturated heterocycles. The average Bonchev–Trinajstić information content (AvgIpc) is 2.53. The molecule has 15 heavy (non-hydrogen) atoms. The highest BCUT2D eigenvalue weighted by Gasteiger charge is 2.46. The van der Waals surface area contributed by atoms with E-state index in [0.717, 1.165) is 38.6 Å². The molecule has 0 N–H and O–H groups in total. The summed E-state index contributed by atoms with van der Waals surface area (Å²) >= 11 is 0. The lowest BCUT2D eigenvalue weighted by Gasteiger charge is -2.36. The van der Waals surface area contributed by atoms with Gasteiger partial charge < -0.3 is 4.90 Å². The Hall–Kier alpha value is -0.860. The molecule has 0 radical (unpaired) electrons. The van der Waals surface area contributed by atoms with Gasteiger partial charge in [-0.25, -0.2) is 0 Å². The van der Waals surface area contributed by atoms with Crippen LogP contribution >= 0.6 is 0 Å². The minimum Gasteiger partial charge on any atom is -0.339 e. The minimum absolute atomic E-state index is 0.333. The van der Waals surface area contributed by atoms with Crippen molar-refractivity contribution in [3.63, 3.8) is 0 Å². The average molecular weight is 207 g/mol. The third-order valence-corrected chi connectivity index (χ3v) is 4.33. The van der Waals surface area contributed by atoms with Crippen LogP contribution in [0.15, 0.2) is 0 Å². The summed E-state index contributed by atoms with van der Waals surface area (Å²) in [4.78, 5) is 25.5. The van der Waals surface area contributed by atoms with Gasteiger partial charge in [-0.15, -0.1) is 0 Å². The molecular formula is C12H17NO2. The van der Waals surface area contributed by atoms with Crippen LogP contribution in [-0.2, 0) is 9.59 Å². The molecule has 1 amide bonds. The van der Waals surface area contributed by atoms with Crippen LogP contribution in [0.4, 0.5) is 0 Å². The van der Waals surface area contributed by atoms with Crippen molar-refractivity contribution in [1.82, 2.24) is 4.90 Å². The number of hydrogen-bond donors (Lipinski definition) is 0. The molecule has 1 unspecified atom stereocenters. The van der Waals surface area contributed by atoms with Crippen LogP contribution < -0.4 is 0 Å². The monoisotopic (exact) mass is 207 g/mol. The molecule has 3 fully saturated rings. The lowest BCUT2D eigenvalue weighted by molar-refractivity contribution is -0.134. The fraction of sp³-hybridized carbons (Fsp3) is 0.833. The van der Waals surface area contributed by atoms with Gasteiger partial charge >= 0.3 is 0 Å². The number of carbonyl (C=O) groups is 2.